The van der Waals surface area contributed by atoms with Crippen LogP contribution in [-0.2, 0) is 19.1 Å². The molecule has 7 nitrogen and oxygen atoms in total. The fourth-order valence-electron chi connectivity index (χ4n) is 6.79. The Hall–Kier alpha value is -1.81. The number of likely N-dealkylation sites (tertiary alicyclic amines) is 1. The number of anilines is 1. The topological polar surface area (TPSA) is 87.2 Å². The number of para-hydroxylation sites is 1. The average Bonchev–Trinajstić information content (AvgIpc) is 3.51. The summed E-state index contributed by atoms with van der Waals surface area (Å²) in [5, 5.41) is 10.7. The third-order valence-corrected chi connectivity index (χ3v) is 12.2. The van der Waals surface area contributed by atoms with Gasteiger partial charge in [-0.2, -0.15) is 0 Å². The highest BCUT2D eigenvalue weighted by atomic mass is 79.9. The molecule has 2 bridgehead atoms. The van der Waals surface area contributed by atoms with Gasteiger partial charge in [0.15, 0.2) is 0 Å². The first-order chi connectivity index (χ1) is 19.5. The molecule has 1 N–H and O–H groups in total. The predicted molar refractivity (Wildman–Crippen MR) is 169 cm³/mol. The van der Waals surface area contributed by atoms with Crippen molar-refractivity contribution in [2.24, 2.45) is 17.8 Å². The van der Waals surface area contributed by atoms with E-state index in [1.807, 2.05) is 39.0 Å². The normalized spacial score (nSPS) is 29.0. The number of nitrogens with zero attached hydrogens (tertiary/aromatic N) is 2. The van der Waals surface area contributed by atoms with Gasteiger partial charge in [0, 0.05) is 16.6 Å². The molecule has 0 aliphatic carbocycles. The molecule has 1 spiro atoms. The van der Waals surface area contributed by atoms with Crippen molar-refractivity contribution in [3.05, 3.63) is 54.1 Å². The summed E-state index contributed by atoms with van der Waals surface area (Å²) in [7, 11) is 0. The Labute approximate surface area is 260 Å². The van der Waals surface area contributed by atoms with Crippen LogP contribution >= 0.6 is 39.3 Å². The molecule has 4 rings (SSSR count). The second kappa shape index (κ2) is 13.2. The van der Waals surface area contributed by atoms with Gasteiger partial charge in [-0.05, 0) is 50.2 Å². The number of allylic oxidation sites excluding steroid dienone is 1. The highest BCUT2D eigenvalue weighted by Crippen LogP contribution is 2.68. The van der Waals surface area contributed by atoms with Gasteiger partial charge >= 0.3 is 5.97 Å². The van der Waals surface area contributed by atoms with Crippen molar-refractivity contribution in [2.45, 2.75) is 73.4 Å². The maximum atomic E-state index is 14.8. The summed E-state index contributed by atoms with van der Waals surface area (Å²) < 4.78 is 4.86. The monoisotopic (exact) mass is 666 g/mol. The quantitative estimate of drug-likeness (QED) is 0.129. The van der Waals surface area contributed by atoms with Crippen LogP contribution < -0.4 is 4.90 Å². The van der Waals surface area contributed by atoms with Crippen LogP contribution in [0.1, 0.15) is 45.1 Å². The predicted octanol–water partition coefficient (Wildman–Crippen LogP) is 5.55. The molecule has 0 saturated carbocycles. The molecular formula is C31H40BrClN2O5S. The van der Waals surface area contributed by atoms with Gasteiger partial charge in [0.05, 0.1) is 46.5 Å². The summed E-state index contributed by atoms with van der Waals surface area (Å²) in [6.07, 6.45) is 6.43. The maximum absolute atomic E-state index is 14.8. The summed E-state index contributed by atoms with van der Waals surface area (Å²) in [6, 6.07) is 3.95. The zero-order chi connectivity index (χ0) is 30.1. The van der Waals surface area contributed by atoms with Crippen molar-refractivity contribution in [1.82, 2.24) is 4.90 Å². The lowest BCUT2D eigenvalue weighted by Gasteiger charge is -2.41. The lowest BCUT2D eigenvalue weighted by Crippen LogP contribution is -2.59. The van der Waals surface area contributed by atoms with Crippen LogP contribution in [0.25, 0.3) is 0 Å². The van der Waals surface area contributed by atoms with Crippen LogP contribution in [0.5, 0.6) is 0 Å². The molecule has 10 heteroatoms. The second-order valence-electron chi connectivity index (χ2n) is 11.5. The van der Waals surface area contributed by atoms with Crippen molar-refractivity contribution in [3.8, 4) is 0 Å². The molecule has 0 aromatic heterocycles. The Bertz CT molecular complexity index is 1180. The Kier molecular flexibility index (Phi) is 10.4. The minimum atomic E-state index is -0.907. The number of carbonyl (C=O) groups excluding carboxylic acids is 3. The standard InChI is InChI=1S/C31H40BrClN2O5S/c1-6-8-9-10-15-40-30(39)23-24-28(37)35(22(17-36)18(3)4)27(31(24)16-20(32)26(23)41-31)29(38)34(14-7-2)25-19(5)12-11-13-21(25)33/h6-7,11-13,18,20,22-24,26-27,36H,1-2,8-10,14-17H2,3-5H3/t20?,22-,23+,24-,26+,27?,31?/m0/s1. The number of unbranched alkanes of at least 4 members (excludes halogenated alkanes) is 2. The molecule has 3 fully saturated rings. The van der Waals surface area contributed by atoms with Crippen LogP contribution in [0.4, 0.5) is 5.69 Å². The summed E-state index contributed by atoms with van der Waals surface area (Å²) in [5.41, 5.74) is 1.39. The van der Waals surface area contributed by atoms with Gasteiger partial charge in [-0.1, -0.05) is 65.7 Å². The molecule has 3 aliphatic rings. The average molecular weight is 668 g/mol. The van der Waals surface area contributed by atoms with E-state index in [4.69, 9.17) is 16.3 Å². The van der Waals surface area contributed by atoms with Crippen molar-refractivity contribution in [2.75, 3.05) is 24.7 Å². The van der Waals surface area contributed by atoms with E-state index in [0.717, 1.165) is 18.4 Å². The fourth-order valence-corrected chi connectivity index (χ4v) is 10.7. The number of esters is 1. The van der Waals surface area contributed by atoms with E-state index in [9.17, 15) is 19.5 Å². The third-order valence-electron chi connectivity index (χ3n) is 8.63. The molecule has 2 amide bonds. The molecule has 7 atom stereocenters. The molecular weight excluding hydrogens is 628 g/mol. The number of ether oxygens (including phenoxy) is 1. The van der Waals surface area contributed by atoms with Crippen molar-refractivity contribution >= 4 is 62.8 Å². The SMILES string of the molecule is C=CCCCCOC(=O)[C@H]1[C@@H]2SC3(CC2Br)C(C(=O)N(CC=C)c2c(C)cccc2Cl)N([C@@H](CO)C(C)C)C(=O)[C@H]13. The molecule has 3 saturated heterocycles. The van der Waals surface area contributed by atoms with Crippen LogP contribution in [-0.4, -0.2) is 74.5 Å². The van der Waals surface area contributed by atoms with Gasteiger partial charge in [0.2, 0.25) is 5.91 Å². The summed E-state index contributed by atoms with van der Waals surface area (Å²) in [5.74, 6) is -2.50. The van der Waals surface area contributed by atoms with E-state index < -0.39 is 34.6 Å². The van der Waals surface area contributed by atoms with Crippen LogP contribution in [0, 0.1) is 24.7 Å². The van der Waals surface area contributed by atoms with E-state index in [1.165, 1.54) is 0 Å². The number of carbonyl (C=O) groups is 3. The minimum Gasteiger partial charge on any atom is -0.465 e. The number of benzene rings is 1. The number of alkyl halides is 1. The first-order valence-electron chi connectivity index (χ1n) is 14.3. The lowest BCUT2D eigenvalue weighted by atomic mass is 9.71. The molecule has 41 heavy (non-hydrogen) atoms. The largest absolute Gasteiger partial charge is 0.465 e. The number of hydrogen-bond acceptors (Lipinski definition) is 6. The lowest BCUT2D eigenvalue weighted by molar-refractivity contribution is -0.154. The van der Waals surface area contributed by atoms with Gasteiger partial charge < -0.3 is 19.6 Å². The zero-order valence-electron chi connectivity index (χ0n) is 23.9. The van der Waals surface area contributed by atoms with Gasteiger partial charge in [-0.25, -0.2) is 0 Å². The Morgan fingerprint density at radius 2 is 2.05 bits per heavy atom. The molecule has 3 aliphatic heterocycles. The van der Waals surface area contributed by atoms with Crippen molar-refractivity contribution < 1.29 is 24.2 Å². The number of hydrogen-bond donors (Lipinski definition) is 1. The fraction of sp³-hybridized carbons (Fsp3) is 0.581. The molecule has 1 aromatic rings. The van der Waals surface area contributed by atoms with E-state index >= 15 is 0 Å². The molecule has 0 radical (unpaired) electrons. The zero-order valence-corrected chi connectivity index (χ0v) is 27.1. The summed E-state index contributed by atoms with van der Waals surface area (Å²) >= 11 is 12.0. The highest BCUT2D eigenvalue weighted by molar-refractivity contribution is 9.09. The highest BCUT2D eigenvalue weighted by Gasteiger charge is 2.76. The van der Waals surface area contributed by atoms with E-state index in [0.29, 0.717) is 23.6 Å². The number of rotatable bonds is 13. The number of aliphatic hydroxyl groups excluding tert-OH is 1. The number of aliphatic hydroxyl groups is 1. The summed E-state index contributed by atoms with van der Waals surface area (Å²) in [6.45, 7) is 13.5. The van der Waals surface area contributed by atoms with E-state index in [-0.39, 0.29) is 47.6 Å². The van der Waals surface area contributed by atoms with Crippen LogP contribution in [0.2, 0.25) is 5.02 Å². The minimum absolute atomic E-state index is 0.0772. The molecule has 3 unspecified atom stereocenters. The van der Waals surface area contributed by atoms with Crippen LogP contribution in [0.15, 0.2) is 43.5 Å². The Morgan fingerprint density at radius 1 is 1.32 bits per heavy atom. The van der Waals surface area contributed by atoms with Crippen molar-refractivity contribution in [1.29, 1.82) is 0 Å². The Morgan fingerprint density at radius 3 is 2.66 bits per heavy atom. The van der Waals surface area contributed by atoms with Crippen LogP contribution in [0.3, 0.4) is 0 Å². The third kappa shape index (κ3) is 5.64. The van der Waals surface area contributed by atoms with Gasteiger partial charge in [-0.3, -0.25) is 14.4 Å². The molecule has 1 aromatic carbocycles. The molecule has 3 heterocycles. The van der Waals surface area contributed by atoms with Gasteiger partial charge in [0.25, 0.3) is 5.91 Å². The van der Waals surface area contributed by atoms with Gasteiger partial charge in [-0.15, -0.1) is 24.9 Å². The first kappa shape index (κ1) is 32.1. The van der Waals surface area contributed by atoms with E-state index in [1.54, 1.807) is 33.7 Å². The summed E-state index contributed by atoms with van der Waals surface area (Å²) in [4.78, 5) is 45.9. The van der Waals surface area contributed by atoms with E-state index in [2.05, 4.69) is 29.1 Å². The number of thioether (sulfide) groups is 1. The number of aryl methyl sites for hydroxylation is 1. The first-order valence-corrected chi connectivity index (χ1v) is 16.4. The number of amides is 2. The second-order valence-corrected chi connectivity index (χ2v) is 14.6. The number of halogens is 2. The van der Waals surface area contributed by atoms with Crippen molar-refractivity contribution in [3.63, 3.8) is 0 Å². The maximum Gasteiger partial charge on any atom is 0.310 e. The van der Waals surface area contributed by atoms with Gasteiger partial charge in [0.1, 0.15) is 6.04 Å². The Balaban J connectivity index is 1.78. The molecule has 224 valence electrons. The smallest absolute Gasteiger partial charge is 0.310 e. The number of fused-ring (bicyclic) bond motifs is 1.